The zero-order valence-corrected chi connectivity index (χ0v) is 17.3. The molecule has 0 spiro atoms. The second kappa shape index (κ2) is 7.13. The maximum Gasteiger partial charge on any atom is 0.217 e. The van der Waals surface area contributed by atoms with E-state index in [4.69, 9.17) is 18.9 Å². The van der Waals surface area contributed by atoms with Crippen LogP contribution in [-0.4, -0.2) is 46.2 Å². The molecule has 0 heterocycles. The average Bonchev–Trinajstić information content (AvgIpc) is 2.89. The van der Waals surface area contributed by atoms with Gasteiger partial charge in [-0.2, -0.15) is 0 Å². The van der Waals surface area contributed by atoms with Gasteiger partial charge in [-0.25, -0.2) is 0 Å². The quantitative estimate of drug-likeness (QED) is 0.818. The van der Waals surface area contributed by atoms with Crippen LogP contribution in [0.5, 0.6) is 17.2 Å². The number of ether oxygens (including phenoxy) is 4. The highest BCUT2D eigenvalue weighted by Gasteiger charge is 2.54. The summed E-state index contributed by atoms with van der Waals surface area (Å²) >= 11 is 0. The number of hydrogen-bond donors (Lipinski definition) is 1. The summed E-state index contributed by atoms with van der Waals surface area (Å²) in [5.41, 5.74) is 3.93. The molecule has 3 aliphatic rings. The fourth-order valence-corrected chi connectivity index (χ4v) is 4.94. The van der Waals surface area contributed by atoms with E-state index in [1.807, 2.05) is 12.1 Å². The van der Waals surface area contributed by atoms with Gasteiger partial charge in [-0.05, 0) is 41.7 Å². The van der Waals surface area contributed by atoms with E-state index < -0.39 is 0 Å². The molecular weight excluding hydrogens is 374 g/mol. The van der Waals surface area contributed by atoms with E-state index in [-0.39, 0.29) is 29.6 Å². The van der Waals surface area contributed by atoms with Gasteiger partial charge >= 0.3 is 0 Å². The van der Waals surface area contributed by atoms with Crippen LogP contribution < -0.4 is 19.5 Å². The number of ketones is 1. The SMILES string of the molecule is COC1=C[C@@H]2C3=C([C@H]2C1=O)[C@H](NC(C)=O)CCc1cc(OC)c(OC)c(OC)c13. The van der Waals surface area contributed by atoms with Gasteiger partial charge in [0.05, 0.1) is 40.4 Å². The molecule has 7 nitrogen and oxygen atoms in total. The van der Waals surface area contributed by atoms with Crippen LogP contribution in [0, 0.1) is 11.8 Å². The topological polar surface area (TPSA) is 83.1 Å². The van der Waals surface area contributed by atoms with Gasteiger partial charge in [-0.15, -0.1) is 0 Å². The predicted octanol–water partition coefficient (Wildman–Crippen LogP) is 2.28. The first kappa shape index (κ1) is 19.4. The number of amides is 1. The van der Waals surface area contributed by atoms with Crippen molar-refractivity contribution in [1.82, 2.24) is 5.32 Å². The predicted molar refractivity (Wildman–Crippen MR) is 106 cm³/mol. The lowest BCUT2D eigenvalue weighted by Crippen LogP contribution is -2.44. The molecule has 1 amide bonds. The molecule has 0 aromatic heterocycles. The highest BCUT2D eigenvalue weighted by atomic mass is 16.5. The summed E-state index contributed by atoms with van der Waals surface area (Å²) < 4.78 is 22.2. The third-order valence-electron chi connectivity index (χ3n) is 6.05. The Morgan fingerprint density at radius 3 is 2.38 bits per heavy atom. The molecule has 3 atom stereocenters. The van der Waals surface area contributed by atoms with Crippen molar-refractivity contribution in [2.24, 2.45) is 11.8 Å². The lowest BCUT2D eigenvalue weighted by molar-refractivity contribution is -0.122. The number of carbonyl (C=O) groups is 2. The number of aryl methyl sites for hydroxylation is 1. The number of fused-ring (bicyclic) bond motifs is 5. The molecule has 0 bridgehead atoms. The molecule has 0 saturated heterocycles. The lowest BCUT2D eigenvalue weighted by Gasteiger charge is -2.40. The Labute approximate surface area is 169 Å². The minimum Gasteiger partial charge on any atom is -0.493 e. The van der Waals surface area contributed by atoms with Crippen LogP contribution in [0.25, 0.3) is 5.57 Å². The maximum atomic E-state index is 12.9. The molecule has 4 rings (SSSR count). The summed E-state index contributed by atoms with van der Waals surface area (Å²) in [4.78, 5) is 24.7. The van der Waals surface area contributed by atoms with Crippen molar-refractivity contribution in [1.29, 1.82) is 0 Å². The van der Waals surface area contributed by atoms with Gasteiger partial charge in [-0.1, -0.05) is 0 Å². The van der Waals surface area contributed by atoms with Crippen LogP contribution in [0.2, 0.25) is 0 Å². The number of Topliss-reactive ketones (excluding diaryl/α,β-unsaturated/α-hetero) is 1. The average molecular weight is 399 g/mol. The van der Waals surface area contributed by atoms with Crippen LogP contribution in [0.1, 0.15) is 24.5 Å². The van der Waals surface area contributed by atoms with Crippen molar-refractivity contribution in [3.05, 3.63) is 34.6 Å². The smallest absolute Gasteiger partial charge is 0.217 e. The van der Waals surface area contributed by atoms with E-state index >= 15 is 0 Å². The molecule has 1 aromatic carbocycles. The molecule has 154 valence electrons. The van der Waals surface area contributed by atoms with Crippen molar-refractivity contribution in [3.8, 4) is 17.2 Å². The van der Waals surface area contributed by atoms with Crippen LogP contribution >= 0.6 is 0 Å². The minimum absolute atomic E-state index is 0.0329. The molecule has 0 saturated carbocycles. The fraction of sp³-hybridized carbons (Fsp3) is 0.455. The number of benzene rings is 1. The summed E-state index contributed by atoms with van der Waals surface area (Å²) in [6.07, 6.45) is 3.27. The van der Waals surface area contributed by atoms with Gasteiger partial charge in [0, 0.05) is 18.4 Å². The van der Waals surface area contributed by atoms with Crippen molar-refractivity contribution < 1.29 is 28.5 Å². The number of methoxy groups -OCH3 is 4. The Bertz CT molecular complexity index is 961. The Hall–Kier alpha value is -2.96. The minimum atomic E-state index is -0.305. The number of hydrogen-bond acceptors (Lipinski definition) is 6. The summed E-state index contributed by atoms with van der Waals surface area (Å²) in [5.74, 6) is 1.50. The van der Waals surface area contributed by atoms with E-state index in [1.165, 1.54) is 14.0 Å². The van der Waals surface area contributed by atoms with E-state index in [0.29, 0.717) is 35.8 Å². The first-order valence-corrected chi connectivity index (χ1v) is 9.60. The highest BCUT2D eigenvalue weighted by Crippen LogP contribution is 2.59. The molecule has 1 N–H and O–H groups in total. The van der Waals surface area contributed by atoms with E-state index in [2.05, 4.69) is 5.32 Å². The fourth-order valence-electron chi connectivity index (χ4n) is 4.94. The Morgan fingerprint density at radius 2 is 1.79 bits per heavy atom. The van der Waals surface area contributed by atoms with Crippen molar-refractivity contribution in [2.75, 3.05) is 28.4 Å². The van der Waals surface area contributed by atoms with Gasteiger partial charge < -0.3 is 24.3 Å². The molecule has 3 aliphatic carbocycles. The van der Waals surface area contributed by atoms with Crippen molar-refractivity contribution >= 4 is 17.3 Å². The molecule has 1 aromatic rings. The largest absolute Gasteiger partial charge is 0.493 e. The number of carbonyl (C=O) groups excluding carboxylic acids is 2. The highest BCUT2D eigenvalue weighted by molar-refractivity contribution is 6.08. The second-order valence-corrected chi connectivity index (χ2v) is 7.44. The van der Waals surface area contributed by atoms with Crippen LogP contribution in [-0.2, 0) is 20.7 Å². The van der Waals surface area contributed by atoms with Gasteiger partial charge in [0.25, 0.3) is 0 Å². The summed E-state index contributed by atoms with van der Waals surface area (Å²) in [6, 6.07) is 1.74. The van der Waals surface area contributed by atoms with Crippen LogP contribution in [0.4, 0.5) is 0 Å². The van der Waals surface area contributed by atoms with Gasteiger partial charge in [-0.3, -0.25) is 9.59 Å². The van der Waals surface area contributed by atoms with Gasteiger partial charge in [0.15, 0.2) is 17.3 Å². The van der Waals surface area contributed by atoms with Crippen molar-refractivity contribution in [3.63, 3.8) is 0 Å². The number of nitrogens with one attached hydrogen (secondary N) is 1. The molecule has 0 fully saturated rings. The third kappa shape index (κ3) is 2.71. The maximum absolute atomic E-state index is 12.9. The molecule has 0 unspecified atom stereocenters. The van der Waals surface area contributed by atoms with E-state index in [9.17, 15) is 9.59 Å². The van der Waals surface area contributed by atoms with Gasteiger partial charge in [0.1, 0.15) is 0 Å². The zero-order valence-electron chi connectivity index (χ0n) is 17.3. The van der Waals surface area contributed by atoms with E-state index in [0.717, 1.165) is 22.3 Å². The summed E-state index contributed by atoms with van der Waals surface area (Å²) in [5, 5.41) is 3.03. The van der Waals surface area contributed by atoms with Crippen LogP contribution in [0.3, 0.4) is 0 Å². The standard InChI is InChI=1S/C22H25NO6/c1-10(24)23-13-7-6-11-8-15(27-3)21(28-4)22(29-5)16(11)17-12-9-14(26-2)20(25)18(12)19(13)17/h8-9,12-13,18H,6-7H2,1-5H3,(H,23,24)/t12-,13-,18+/m1/s1. The number of allylic oxidation sites excluding steroid dienone is 3. The first-order valence-electron chi connectivity index (χ1n) is 9.60. The number of rotatable bonds is 5. The third-order valence-corrected chi connectivity index (χ3v) is 6.05. The zero-order chi connectivity index (χ0) is 20.9. The molecular formula is C22H25NO6. The molecule has 7 heteroatoms. The Kier molecular flexibility index (Phi) is 4.76. The van der Waals surface area contributed by atoms with Crippen LogP contribution in [0.15, 0.2) is 23.5 Å². The normalized spacial score (nSPS) is 24.4. The monoisotopic (exact) mass is 399 g/mol. The second-order valence-electron chi connectivity index (χ2n) is 7.44. The Balaban J connectivity index is 1.96. The Morgan fingerprint density at radius 1 is 1.07 bits per heavy atom. The first-order chi connectivity index (χ1) is 14.0. The molecule has 0 aliphatic heterocycles. The lowest BCUT2D eigenvalue weighted by atomic mass is 9.64. The van der Waals surface area contributed by atoms with Gasteiger partial charge in [0.2, 0.25) is 17.4 Å². The summed E-state index contributed by atoms with van der Waals surface area (Å²) in [6.45, 7) is 1.50. The molecule has 0 radical (unpaired) electrons. The summed E-state index contributed by atoms with van der Waals surface area (Å²) in [7, 11) is 6.27. The van der Waals surface area contributed by atoms with Crippen molar-refractivity contribution in [2.45, 2.75) is 25.8 Å². The van der Waals surface area contributed by atoms with E-state index in [1.54, 1.807) is 21.3 Å². The molecule has 29 heavy (non-hydrogen) atoms.